The number of aromatic nitrogens is 4. The van der Waals surface area contributed by atoms with Crippen LogP contribution in [0, 0.1) is 0 Å². The van der Waals surface area contributed by atoms with Crippen LogP contribution in [0.5, 0.6) is 0 Å². The zero-order valence-corrected chi connectivity index (χ0v) is 13.2. The average Bonchev–Trinajstić information content (AvgIpc) is 3.08. The van der Waals surface area contributed by atoms with Crippen LogP contribution in [0.1, 0.15) is 0 Å². The third-order valence-electron chi connectivity index (χ3n) is 4.17. The van der Waals surface area contributed by atoms with Gasteiger partial charge in [-0.05, 0) is 17.7 Å². The van der Waals surface area contributed by atoms with E-state index in [0.29, 0.717) is 32.3 Å². The van der Waals surface area contributed by atoms with Crippen molar-refractivity contribution in [3.8, 4) is 11.1 Å². The van der Waals surface area contributed by atoms with Crippen LogP contribution in [0.4, 0.5) is 18.9 Å². The molecular weight excluding hydrogens is 347 g/mol. The Morgan fingerprint density at radius 3 is 2.69 bits per heavy atom. The van der Waals surface area contributed by atoms with E-state index < -0.39 is 18.3 Å². The summed E-state index contributed by atoms with van der Waals surface area (Å²) < 4.78 is 39.9. The number of nitrogen functional groups attached to an aromatic ring is 1. The summed E-state index contributed by atoms with van der Waals surface area (Å²) in [5.41, 5.74) is 7.31. The van der Waals surface area contributed by atoms with Crippen LogP contribution in [0.25, 0.3) is 32.9 Å². The van der Waals surface area contributed by atoms with Crippen LogP contribution in [0.2, 0.25) is 0 Å². The normalized spacial score (nSPS) is 12.1. The number of hydrogen-bond donors (Lipinski definition) is 2. The molecule has 0 aliphatic heterocycles. The van der Waals surface area contributed by atoms with Crippen LogP contribution in [0.15, 0.2) is 47.7 Å². The fourth-order valence-corrected chi connectivity index (χ4v) is 3.05. The van der Waals surface area contributed by atoms with Crippen molar-refractivity contribution in [2.24, 2.45) is 0 Å². The molecule has 0 bridgehead atoms. The molecule has 1 aromatic carbocycles. The Kier molecular flexibility index (Phi) is 3.46. The molecule has 4 aromatic rings. The van der Waals surface area contributed by atoms with E-state index in [0.717, 1.165) is 0 Å². The number of nitrogens with zero attached hydrogens (tertiary/aromatic N) is 3. The SMILES string of the molecule is Nc1cnccc1-c1ccc2c3[nH]ncc3c(=O)n(CC(F)(F)F)c2c1. The molecule has 0 radical (unpaired) electrons. The topological polar surface area (TPSA) is 89.6 Å². The van der Waals surface area contributed by atoms with E-state index in [1.807, 2.05) is 0 Å². The first-order chi connectivity index (χ1) is 12.3. The Morgan fingerprint density at radius 2 is 1.96 bits per heavy atom. The summed E-state index contributed by atoms with van der Waals surface area (Å²) in [6.07, 6.45) is -0.310. The van der Waals surface area contributed by atoms with Crippen molar-refractivity contribution in [1.29, 1.82) is 0 Å². The number of nitrogens with two attached hydrogens (primary N) is 1. The van der Waals surface area contributed by atoms with Crippen molar-refractivity contribution < 1.29 is 13.2 Å². The third-order valence-corrected chi connectivity index (χ3v) is 4.17. The highest BCUT2D eigenvalue weighted by atomic mass is 19.4. The second-order valence-electron chi connectivity index (χ2n) is 5.86. The van der Waals surface area contributed by atoms with Gasteiger partial charge in [-0.1, -0.05) is 12.1 Å². The van der Waals surface area contributed by atoms with Crippen molar-refractivity contribution in [3.63, 3.8) is 0 Å². The number of alkyl halides is 3. The van der Waals surface area contributed by atoms with Gasteiger partial charge in [0.1, 0.15) is 6.54 Å². The van der Waals surface area contributed by atoms with Gasteiger partial charge in [0.2, 0.25) is 0 Å². The summed E-state index contributed by atoms with van der Waals surface area (Å²) in [6.45, 7) is -1.39. The Bertz CT molecular complexity index is 1190. The van der Waals surface area contributed by atoms with E-state index in [-0.39, 0.29) is 10.9 Å². The fraction of sp³-hybridized carbons (Fsp3) is 0.118. The lowest BCUT2D eigenvalue weighted by Gasteiger charge is -2.15. The molecule has 6 nitrogen and oxygen atoms in total. The van der Waals surface area contributed by atoms with Crippen LogP contribution in [-0.2, 0) is 6.54 Å². The Balaban J connectivity index is 2.08. The summed E-state index contributed by atoms with van der Waals surface area (Å²) in [5.74, 6) is 0. The number of fused-ring (bicyclic) bond motifs is 3. The molecule has 9 heteroatoms. The van der Waals surface area contributed by atoms with E-state index >= 15 is 0 Å². The Morgan fingerprint density at radius 1 is 1.15 bits per heavy atom. The number of halogens is 3. The smallest absolute Gasteiger partial charge is 0.397 e. The monoisotopic (exact) mass is 359 g/mol. The lowest BCUT2D eigenvalue weighted by atomic mass is 10.0. The lowest BCUT2D eigenvalue weighted by Crippen LogP contribution is -2.28. The van der Waals surface area contributed by atoms with Gasteiger partial charge in [0.25, 0.3) is 5.56 Å². The second-order valence-corrected chi connectivity index (χ2v) is 5.86. The molecule has 26 heavy (non-hydrogen) atoms. The fourth-order valence-electron chi connectivity index (χ4n) is 3.05. The molecule has 4 rings (SSSR count). The summed E-state index contributed by atoms with van der Waals surface area (Å²) in [7, 11) is 0. The molecule has 0 saturated heterocycles. The number of hydrogen-bond acceptors (Lipinski definition) is 4. The number of aromatic amines is 1. The number of pyridine rings is 2. The van der Waals surface area contributed by atoms with Gasteiger partial charge in [-0.25, -0.2) is 0 Å². The van der Waals surface area contributed by atoms with Gasteiger partial charge in [-0.2, -0.15) is 18.3 Å². The molecular formula is C17H12F3N5O. The summed E-state index contributed by atoms with van der Waals surface area (Å²) in [4.78, 5) is 16.5. The van der Waals surface area contributed by atoms with Crippen molar-refractivity contribution in [1.82, 2.24) is 19.7 Å². The van der Waals surface area contributed by atoms with Gasteiger partial charge in [0.05, 0.1) is 34.5 Å². The van der Waals surface area contributed by atoms with E-state index in [9.17, 15) is 18.0 Å². The highest BCUT2D eigenvalue weighted by Gasteiger charge is 2.30. The van der Waals surface area contributed by atoms with Crippen molar-refractivity contribution in [2.45, 2.75) is 12.7 Å². The van der Waals surface area contributed by atoms with Crippen molar-refractivity contribution in [3.05, 3.63) is 53.2 Å². The van der Waals surface area contributed by atoms with Crippen molar-refractivity contribution >= 4 is 27.5 Å². The molecule has 3 aromatic heterocycles. The number of benzene rings is 1. The van der Waals surface area contributed by atoms with E-state index in [1.54, 1.807) is 18.2 Å². The van der Waals surface area contributed by atoms with Gasteiger partial charge in [-0.15, -0.1) is 0 Å². The molecule has 3 N–H and O–H groups in total. The maximum absolute atomic E-state index is 13.1. The first kappa shape index (κ1) is 16.1. The van der Waals surface area contributed by atoms with Gasteiger partial charge < -0.3 is 5.73 Å². The molecule has 0 aliphatic carbocycles. The summed E-state index contributed by atoms with van der Waals surface area (Å²) >= 11 is 0. The van der Waals surface area contributed by atoms with E-state index in [4.69, 9.17) is 5.73 Å². The maximum atomic E-state index is 13.1. The van der Waals surface area contributed by atoms with E-state index in [1.165, 1.54) is 24.7 Å². The molecule has 0 amide bonds. The summed E-state index contributed by atoms with van der Waals surface area (Å²) in [6, 6.07) is 6.57. The minimum Gasteiger partial charge on any atom is -0.397 e. The lowest BCUT2D eigenvalue weighted by molar-refractivity contribution is -0.140. The minimum absolute atomic E-state index is 0.109. The minimum atomic E-state index is -4.54. The number of anilines is 1. The highest BCUT2D eigenvalue weighted by molar-refractivity contribution is 6.04. The van der Waals surface area contributed by atoms with Crippen LogP contribution < -0.4 is 11.3 Å². The Hall–Kier alpha value is -3.36. The van der Waals surface area contributed by atoms with Gasteiger partial charge in [0.15, 0.2) is 0 Å². The third kappa shape index (κ3) is 2.57. The zero-order chi connectivity index (χ0) is 18.5. The van der Waals surface area contributed by atoms with E-state index in [2.05, 4.69) is 15.2 Å². The van der Waals surface area contributed by atoms with Gasteiger partial charge in [-0.3, -0.25) is 19.4 Å². The Labute approximate surface area is 144 Å². The molecule has 0 aliphatic rings. The maximum Gasteiger partial charge on any atom is 0.406 e. The molecule has 0 saturated carbocycles. The predicted molar refractivity (Wildman–Crippen MR) is 91.6 cm³/mol. The largest absolute Gasteiger partial charge is 0.406 e. The number of nitrogens with one attached hydrogen (secondary N) is 1. The zero-order valence-electron chi connectivity index (χ0n) is 13.2. The predicted octanol–water partition coefficient (Wildman–Crippen LogP) is 3.08. The van der Waals surface area contributed by atoms with Crippen LogP contribution in [0.3, 0.4) is 0 Å². The molecule has 3 heterocycles. The number of rotatable bonds is 2. The first-order valence-corrected chi connectivity index (χ1v) is 7.61. The molecule has 0 unspecified atom stereocenters. The quantitative estimate of drug-likeness (QED) is 0.576. The molecule has 0 fully saturated rings. The first-order valence-electron chi connectivity index (χ1n) is 7.61. The second kappa shape index (κ2) is 5.58. The molecule has 0 atom stereocenters. The van der Waals surface area contributed by atoms with Crippen LogP contribution >= 0.6 is 0 Å². The van der Waals surface area contributed by atoms with Gasteiger partial charge in [0, 0.05) is 17.1 Å². The summed E-state index contributed by atoms with van der Waals surface area (Å²) in [5, 5.41) is 7.06. The standard InChI is InChI=1S/C17H12F3N5O/c18-17(19,20)8-25-14-5-9(10-3-4-22-7-13(10)21)1-2-11(14)15-12(16(25)26)6-23-24-15/h1-7H,8,21H2,(H,23,24). The average molecular weight is 359 g/mol. The highest BCUT2D eigenvalue weighted by Crippen LogP contribution is 2.31. The van der Waals surface area contributed by atoms with Crippen LogP contribution in [-0.4, -0.2) is 25.9 Å². The van der Waals surface area contributed by atoms with Crippen molar-refractivity contribution in [2.75, 3.05) is 5.73 Å². The molecule has 132 valence electrons. The van der Waals surface area contributed by atoms with Gasteiger partial charge >= 0.3 is 6.18 Å². The molecule has 0 spiro atoms. The number of H-pyrrole nitrogens is 1.